The van der Waals surface area contributed by atoms with Crippen molar-refractivity contribution < 1.29 is 0 Å². The highest BCUT2D eigenvalue weighted by molar-refractivity contribution is 7.82. The molecule has 0 spiro atoms. The van der Waals surface area contributed by atoms with E-state index < -0.39 is 8.22 Å². The normalized spacial score (nSPS) is 15.0. The Balaban J connectivity index is 1.80. The third kappa shape index (κ3) is 2.90. The highest BCUT2D eigenvalue weighted by atomic mass is 32.1. The minimum atomic E-state index is -0.650. The van der Waals surface area contributed by atoms with Gasteiger partial charge < -0.3 is 9.34 Å². The van der Waals surface area contributed by atoms with Gasteiger partial charge in [-0.3, -0.25) is 0 Å². The molecule has 1 fully saturated rings. The van der Waals surface area contributed by atoms with Crippen LogP contribution in [-0.4, -0.2) is 13.1 Å². The summed E-state index contributed by atoms with van der Waals surface area (Å²) in [7, 11) is -0.650. The number of thiol groups is 1. The van der Waals surface area contributed by atoms with Crippen LogP contribution in [0.5, 0.6) is 0 Å². The zero-order valence-corrected chi connectivity index (χ0v) is 15.1. The summed E-state index contributed by atoms with van der Waals surface area (Å²) in [5.74, 6) is 0. The van der Waals surface area contributed by atoms with Gasteiger partial charge in [-0.15, -0.1) is 12.6 Å². The van der Waals surface area contributed by atoms with Crippen molar-refractivity contribution in [2.75, 3.05) is 22.4 Å². The predicted molar refractivity (Wildman–Crippen MR) is 108 cm³/mol. The largest absolute Gasteiger partial charge is 0.328 e. The first kappa shape index (κ1) is 15.6. The maximum atomic E-state index is 4.74. The van der Waals surface area contributed by atoms with E-state index in [0.29, 0.717) is 0 Å². The van der Waals surface area contributed by atoms with Gasteiger partial charge in [0.15, 0.2) is 0 Å². The van der Waals surface area contributed by atoms with Gasteiger partial charge in [-0.2, -0.15) is 0 Å². The standard InChI is InChI=1S/C20H19N2PS/c24-20-14-8-7-13-19(20)23-21(17-9-3-1-4-10-17)15-16-22(23)18-11-5-2-6-12-18/h1-14,24H,15-16H2. The third-order valence-corrected chi connectivity index (χ3v) is 7.35. The zero-order chi connectivity index (χ0) is 16.4. The lowest BCUT2D eigenvalue weighted by Crippen LogP contribution is -2.23. The average molecular weight is 350 g/mol. The molecule has 1 heterocycles. The van der Waals surface area contributed by atoms with Gasteiger partial charge >= 0.3 is 0 Å². The monoisotopic (exact) mass is 350 g/mol. The van der Waals surface area contributed by atoms with Crippen molar-refractivity contribution in [1.29, 1.82) is 0 Å². The molecule has 4 heteroatoms. The van der Waals surface area contributed by atoms with Crippen molar-refractivity contribution in [2.45, 2.75) is 4.90 Å². The number of hydrogen-bond acceptors (Lipinski definition) is 3. The molecule has 24 heavy (non-hydrogen) atoms. The van der Waals surface area contributed by atoms with Crippen LogP contribution in [-0.2, 0) is 0 Å². The van der Waals surface area contributed by atoms with Crippen LogP contribution in [0.2, 0.25) is 0 Å². The Hall–Kier alpha value is -1.96. The van der Waals surface area contributed by atoms with Crippen LogP contribution in [0, 0.1) is 0 Å². The SMILES string of the molecule is Sc1ccccc1P1N(c2ccccc2)CCN1c1ccccc1. The summed E-state index contributed by atoms with van der Waals surface area (Å²) in [6.45, 7) is 2.04. The number of rotatable bonds is 3. The Kier molecular flexibility index (Phi) is 4.46. The quantitative estimate of drug-likeness (QED) is 0.528. The molecule has 0 atom stereocenters. The fraction of sp³-hybridized carbons (Fsp3) is 0.100. The van der Waals surface area contributed by atoms with Gasteiger partial charge in [-0.25, -0.2) is 0 Å². The maximum absolute atomic E-state index is 4.74. The van der Waals surface area contributed by atoms with Gasteiger partial charge in [-0.1, -0.05) is 48.5 Å². The molecule has 0 amide bonds. The molecule has 4 rings (SSSR count). The number of para-hydroxylation sites is 2. The van der Waals surface area contributed by atoms with E-state index in [1.807, 2.05) is 0 Å². The van der Waals surface area contributed by atoms with E-state index in [2.05, 4.69) is 94.3 Å². The predicted octanol–water partition coefficient (Wildman–Crippen LogP) is 4.94. The van der Waals surface area contributed by atoms with Crippen LogP contribution in [0.25, 0.3) is 0 Å². The first-order valence-corrected chi connectivity index (χ1v) is 9.77. The molecule has 120 valence electrons. The van der Waals surface area contributed by atoms with Crippen LogP contribution in [0.4, 0.5) is 11.4 Å². The van der Waals surface area contributed by atoms with E-state index in [0.717, 1.165) is 18.0 Å². The average Bonchev–Trinajstić information content (AvgIpc) is 3.08. The lowest BCUT2D eigenvalue weighted by molar-refractivity contribution is 1.02. The number of nitrogens with zero attached hydrogens (tertiary/aromatic N) is 2. The van der Waals surface area contributed by atoms with Crippen LogP contribution in [0.15, 0.2) is 89.8 Å². The van der Waals surface area contributed by atoms with Crippen LogP contribution < -0.4 is 14.6 Å². The van der Waals surface area contributed by atoms with Gasteiger partial charge in [0.1, 0.15) is 8.22 Å². The van der Waals surface area contributed by atoms with Crippen LogP contribution in [0.1, 0.15) is 0 Å². The Labute approximate surface area is 150 Å². The van der Waals surface area contributed by atoms with E-state index in [-0.39, 0.29) is 0 Å². The summed E-state index contributed by atoms with van der Waals surface area (Å²) in [5.41, 5.74) is 2.55. The molecule has 0 aliphatic carbocycles. The molecule has 1 saturated heterocycles. The third-order valence-electron chi connectivity index (χ3n) is 4.19. The summed E-state index contributed by atoms with van der Waals surface area (Å²) >= 11 is 4.74. The molecule has 0 saturated carbocycles. The molecule has 0 aromatic heterocycles. The molecule has 0 N–H and O–H groups in total. The second kappa shape index (κ2) is 6.88. The smallest absolute Gasteiger partial charge is 0.130 e. The molecule has 0 unspecified atom stereocenters. The molecular formula is C20H19N2PS. The lowest BCUT2D eigenvalue weighted by Gasteiger charge is -2.33. The number of benzene rings is 3. The van der Waals surface area contributed by atoms with Crippen molar-refractivity contribution in [1.82, 2.24) is 0 Å². The minimum absolute atomic E-state index is 0.650. The maximum Gasteiger partial charge on any atom is 0.130 e. The fourth-order valence-electron chi connectivity index (χ4n) is 3.08. The fourth-order valence-corrected chi connectivity index (χ4v) is 6.05. The van der Waals surface area contributed by atoms with Crippen molar-refractivity contribution in [3.05, 3.63) is 84.9 Å². The summed E-state index contributed by atoms with van der Waals surface area (Å²) in [5, 5.41) is 1.31. The van der Waals surface area contributed by atoms with E-state index in [1.165, 1.54) is 16.7 Å². The Morgan fingerprint density at radius 1 is 0.625 bits per heavy atom. The Morgan fingerprint density at radius 3 is 1.58 bits per heavy atom. The van der Waals surface area contributed by atoms with Gasteiger partial charge in [0.2, 0.25) is 0 Å². The summed E-state index contributed by atoms with van der Waals surface area (Å²) in [4.78, 5) is 1.06. The highest BCUT2D eigenvalue weighted by Gasteiger charge is 2.35. The molecule has 0 radical (unpaired) electrons. The van der Waals surface area contributed by atoms with Crippen LogP contribution in [0.3, 0.4) is 0 Å². The molecule has 2 nitrogen and oxygen atoms in total. The minimum Gasteiger partial charge on any atom is -0.328 e. The topological polar surface area (TPSA) is 6.48 Å². The second-order valence-corrected chi connectivity index (χ2v) is 8.20. The number of anilines is 2. The molecule has 3 aromatic rings. The van der Waals surface area contributed by atoms with Crippen molar-refractivity contribution in [3.8, 4) is 0 Å². The molecule has 3 aromatic carbocycles. The second-order valence-electron chi connectivity index (χ2n) is 5.70. The van der Waals surface area contributed by atoms with Crippen molar-refractivity contribution in [3.63, 3.8) is 0 Å². The first-order chi connectivity index (χ1) is 11.8. The number of hydrogen-bond donors (Lipinski definition) is 1. The molecular weight excluding hydrogens is 331 g/mol. The molecule has 1 aliphatic rings. The van der Waals surface area contributed by atoms with Crippen molar-refractivity contribution >= 4 is 37.5 Å². The van der Waals surface area contributed by atoms with E-state index in [9.17, 15) is 0 Å². The first-order valence-electron chi connectivity index (χ1n) is 8.08. The summed E-state index contributed by atoms with van der Waals surface area (Å²) in [6.07, 6.45) is 0. The van der Waals surface area contributed by atoms with Crippen LogP contribution >= 0.6 is 20.9 Å². The van der Waals surface area contributed by atoms with Gasteiger partial charge in [0, 0.05) is 34.7 Å². The highest BCUT2D eigenvalue weighted by Crippen LogP contribution is 2.52. The van der Waals surface area contributed by atoms with E-state index >= 15 is 0 Å². The van der Waals surface area contributed by atoms with Gasteiger partial charge in [0.25, 0.3) is 0 Å². The zero-order valence-electron chi connectivity index (χ0n) is 13.3. The molecule has 1 aliphatic heterocycles. The lowest BCUT2D eigenvalue weighted by atomic mass is 10.3. The van der Waals surface area contributed by atoms with Gasteiger partial charge in [-0.05, 0) is 36.4 Å². The Morgan fingerprint density at radius 2 is 1.08 bits per heavy atom. The van der Waals surface area contributed by atoms with Gasteiger partial charge in [0.05, 0.1) is 0 Å². The van der Waals surface area contributed by atoms with Crippen molar-refractivity contribution in [2.24, 2.45) is 0 Å². The Bertz CT molecular complexity index is 763. The van der Waals surface area contributed by atoms with E-state index in [4.69, 9.17) is 12.6 Å². The summed E-state index contributed by atoms with van der Waals surface area (Å²) < 4.78 is 5.05. The summed E-state index contributed by atoms with van der Waals surface area (Å²) in [6, 6.07) is 29.9. The molecule has 0 bridgehead atoms. The van der Waals surface area contributed by atoms with E-state index in [1.54, 1.807) is 0 Å².